The molecular formula is C19H19FN4O3. The summed E-state index contributed by atoms with van der Waals surface area (Å²) in [4.78, 5) is 18.3. The molecule has 4 rings (SSSR count). The highest BCUT2D eigenvalue weighted by molar-refractivity contribution is 5.77. The van der Waals surface area contributed by atoms with Crippen LogP contribution in [0.25, 0.3) is 11.3 Å². The van der Waals surface area contributed by atoms with Gasteiger partial charge in [-0.3, -0.25) is 4.79 Å². The highest BCUT2D eigenvalue weighted by Gasteiger charge is 2.27. The standard InChI is InChI=1S/C19H19FN4O3/c1-12-21-18(27-22-12)11-19(25)24-8-6-14(7-9-24)17-10-16(23-26-17)13-2-4-15(20)5-3-13/h2-5,10,14H,6-9,11H2,1H3. The molecule has 1 saturated heterocycles. The Morgan fingerprint density at radius 1 is 1.19 bits per heavy atom. The lowest BCUT2D eigenvalue weighted by Crippen LogP contribution is -2.38. The molecule has 8 heteroatoms. The number of hydrogen-bond acceptors (Lipinski definition) is 6. The van der Waals surface area contributed by atoms with E-state index in [1.165, 1.54) is 12.1 Å². The van der Waals surface area contributed by atoms with Gasteiger partial charge in [0.05, 0.1) is 0 Å². The Balaban J connectivity index is 1.35. The maximum atomic E-state index is 13.0. The monoisotopic (exact) mass is 370 g/mol. The van der Waals surface area contributed by atoms with Crippen LogP contribution in [0.1, 0.15) is 36.2 Å². The molecule has 1 amide bonds. The van der Waals surface area contributed by atoms with E-state index < -0.39 is 0 Å². The first-order valence-corrected chi connectivity index (χ1v) is 8.88. The Bertz CT molecular complexity index is 927. The van der Waals surface area contributed by atoms with Crippen LogP contribution >= 0.6 is 0 Å². The van der Waals surface area contributed by atoms with E-state index >= 15 is 0 Å². The lowest BCUT2D eigenvalue weighted by atomic mass is 9.93. The second-order valence-corrected chi connectivity index (χ2v) is 6.69. The maximum Gasteiger partial charge on any atom is 0.236 e. The second-order valence-electron chi connectivity index (χ2n) is 6.69. The molecule has 3 aromatic rings. The topological polar surface area (TPSA) is 85.3 Å². The summed E-state index contributed by atoms with van der Waals surface area (Å²) < 4.78 is 23.6. The van der Waals surface area contributed by atoms with Crippen LogP contribution in [0.3, 0.4) is 0 Å². The fraction of sp³-hybridized carbons (Fsp3) is 0.368. The Kier molecular flexibility index (Phi) is 4.70. The predicted octanol–water partition coefficient (Wildman–Crippen LogP) is 3.12. The fourth-order valence-electron chi connectivity index (χ4n) is 3.30. The number of likely N-dealkylation sites (tertiary alicyclic amines) is 1. The summed E-state index contributed by atoms with van der Waals surface area (Å²) in [6.07, 6.45) is 1.72. The van der Waals surface area contributed by atoms with Crippen LogP contribution in [-0.4, -0.2) is 39.2 Å². The van der Waals surface area contributed by atoms with E-state index in [1.807, 2.05) is 11.0 Å². The summed E-state index contributed by atoms with van der Waals surface area (Å²) in [5, 5.41) is 7.80. The largest absolute Gasteiger partial charge is 0.360 e. The Morgan fingerprint density at radius 3 is 2.59 bits per heavy atom. The third kappa shape index (κ3) is 3.89. The van der Waals surface area contributed by atoms with E-state index in [0.29, 0.717) is 30.5 Å². The Labute approximate surface area is 155 Å². The van der Waals surface area contributed by atoms with E-state index in [9.17, 15) is 9.18 Å². The van der Waals surface area contributed by atoms with Crippen molar-refractivity contribution < 1.29 is 18.2 Å². The molecule has 1 aliphatic rings. The van der Waals surface area contributed by atoms with Crippen molar-refractivity contribution in [2.45, 2.75) is 32.1 Å². The average Bonchev–Trinajstić information content (AvgIpc) is 3.32. The molecule has 1 aliphatic heterocycles. The lowest BCUT2D eigenvalue weighted by Gasteiger charge is -2.30. The molecule has 1 aromatic carbocycles. The van der Waals surface area contributed by atoms with Crippen LogP contribution in [0.2, 0.25) is 0 Å². The van der Waals surface area contributed by atoms with Crippen LogP contribution in [0.5, 0.6) is 0 Å². The number of halogens is 1. The molecule has 0 spiro atoms. The molecule has 0 radical (unpaired) electrons. The fourth-order valence-corrected chi connectivity index (χ4v) is 3.30. The molecular weight excluding hydrogens is 351 g/mol. The van der Waals surface area contributed by atoms with E-state index in [1.54, 1.807) is 19.1 Å². The maximum absolute atomic E-state index is 13.0. The van der Waals surface area contributed by atoms with Crippen LogP contribution in [0.4, 0.5) is 4.39 Å². The highest BCUT2D eigenvalue weighted by atomic mass is 19.1. The zero-order chi connectivity index (χ0) is 18.8. The van der Waals surface area contributed by atoms with Gasteiger partial charge in [-0.25, -0.2) is 4.39 Å². The summed E-state index contributed by atoms with van der Waals surface area (Å²) in [6, 6.07) is 8.06. The SMILES string of the molecule is Cc1noc(CC(=O)N2CCC(c3cc(-c4ccc(F)cc4)no3)CC2)n1. The van der Waals surface area contributed by atoms with Crippen molar-refractivity contribution in [3.05, 3.63) is 53.6 Å². The normalized spacial score (nSPS) is 15.3. The van der Waals surface area contributed by atoms with Gasteiger partial charge in [-0.1, -0.05) is 10.3 Å². The van der Waals surface area contributed by atoms with Crippen LogP contribution in [-0.2, 0) is 11.2 Å². The van der Waals surface area contributed by atoms with E-state index in [-0.39, 0.29) is 24.1 Å². The van der Waals surface area contributed by atoms with Crippen molar-refractivity contribution in [2.75, 3.05) is 13.1 Å². The first-order chi connectivity index (χ1) is 13.1. The summed E-state index contributed by atoms with van der Waals surface area (Å²) >= 11 is 0. The van der Waals surface area contributed by atoms with E-state index in [4.69, 9.17) is 9.05 Å². The summed E-state index contributed by atoms with van der Waals surface area (Å²) in [5.74, 6) is 1.59. The Hall–Kier alpha value is -3.03. The molecule has 27 heavy (non-hydrogen) atoms. The molecule has 0 unspecified atom stereocenters. The van der Waals surface area contributed by atoms with Gasteiger partial charge in [-0.05, 0) is 44.0 Å². The van der Waals surface area contributed by atoms with Crippen molar-refractivity contribution in [2.24, 2.45) is 0 Å². The molecule has 140 valence electrons. The van der Waals surface area contributed by atoms with Gasteiger partial charge in [0, 0.05) is 30.6 Å². The van der Waals surface area contributed by atoms with Crippen molar-refractivity contribution in [1.82, 2.24) is 20.2 Å². The third-order valence-corrected chi connectivity index (χ3v) is 4.79. The van der Waals surface area contributed by atoms with Crippen molar-refractivity contribution in [3.63, 3.8) is 0 Å². The number of rotatable bonds is 4. The highest BCUT2D eigenvalue weighted by Crippen LogP contribution is 2.31. The molecule has 0 saturated carbocycles. The van der Waals surface area contributed by atoms with Gasteiger partial charge in [0.2, 0.25) is 11.8 Å². The zero-order valence-corrected chi connectivity index (χ0v) is 14.9. The summed E-state index contributed by atoms with van der Waals surface area (Å²) in [6.45, 7) is 3.01. The lowest BCUT2D eigenvalue weighted by molar-refractivity contribution is -0.132. The summed E-state index contributed by atoms with van der Waals surface area (Å²) in [7, 11) is 0. The molecule has 0 N–H and O–H groups in total. The minimum Gasteiger partial charge on any atom is -0.360 e. The van der Waals surface area contributed by atoms with Crippen LogP contribution < -0.4 is 0 Å². The van der Waals surface area contributed by atoms with Gasteiger partial charge >= 0.3 is 0 Å². The number of aryl methyl sites for hydroxylation is 1. The molecule has 1 fully saturated rings. The number of hydrogen-bond donors (Lipinski definition) is 0. The minimum absolute atomic E-state index is 0.0123. The second kappa shape index (κ2) is 7.30. The van der Waals surface area contributed by atoms with Crippen LogP contribution in [0, 0.1) is 12.7 Å². The molecule has 3 heterocycles. The first kappa shape index (κ1) is 17.4. The quantitative estimate of drug-likeness (QED) is 0.701. The average molecular weight is 370 g/mol. The first-order valence-electron chi connectivity index (χ1n) is 8.88. The number of carbonyl (C=O) groups excluding carboxylic acids is 1. The molecule has 2 aromatic heterocycles. The van der Waals surface area contributed by atoms with E-state index in [2.05, 4.69) is 15.3 Å². The molecule has 0 aliphatic carbocycles. The van der Waals surface area contributed by atoms with Gasteiger partial charge in [-0.2, -0.15) is 4.98 Å². The van der Waals surface area contributed by atoms with Crippen LogP contribution in [0.15, 0.2) is 39.4 Å². The molecule has 0 bridgehead atoms. The van der Waals surface area contributed by atoms with Crippen molar-refractivity contribution >= 4 is 5.91 Å². The van der Waals surface area contributed by atoms with Gasteiger partial charge in [0.25, 0.3) is 0 Å². The van der Waals surface area contributed by atoms with Crippen molar-refractivity contribution in [3.8, 4) is 11.3 Å². The van der Waals surface area contributed by atoms with E-state index in [0.717, 1.165) is 24.2 Å². The van der Waals surface area contributed by atoms with Crippen molar-refractivity contribution in [1.29, 1.82) is 0 Å². The number of aromatic nitrogens is 3. The molecule has 0 atom stereocenters. The number of nitrogens with zero attached hydrogens (tertiary/aromatic N) is 4. The number of piperidine rings is 1. The number of carbonyl (C=O) groups is 1. The predicted molar refractivity (Wildman–Crippen MR) is 93.2 cm³/mol. The zero-order valence-electron chi connectivity index (χ0n) is 14.9. The minimum atomic E-state index is -0.282. The number of amides is 1. The van der Waals surface area contributed by atoms with Gasteiger partial charge in [0.1, 0.15) is 23.7 Å². The van der Waals surface area contributed by atoms with Gasteiger partial charge in [-0.15, -0.1) is 0 Å². The van der Waals surface area contributed by atoms with Gasteiger partial charge < -0.3 is 13.9 Å². The summed E-state index contributed by atoms with van der Waals surface area (Å²) in [5.41, 5.74) is 1.50. The third-order valence-electron chi connectivity index (χ3n) is 4.79. The smallest absolute Gasteiger partial charge is 0.236 e. The Morgan fingerprint density at radius 2 is 1.93 bits per heavy atom. The molecule has 7 nitrogen and oxygen atoms in total. The number of benzene rings is 1. The van der Waals surface area contributed by atoms with Gasteiger partial charge in [0.15, 0.2) is 5.82 Å².